The van der Waals surface area contributed by atoms with Crippen LogP contribution < -0.4 is 5.32 Å². The van der Waals surface area contributed by atoms with Crippen molar-refractivity contribution in [1.82, 2.24) is 0 Å². The van der Waals surface area contributed by atoms with E-state index in [0.29, 0.717) is 18.7 Å². The first kappa shape index (κ1) is 13.7. The van der Waals surface area contributed by atoms with Crippen molar-refractivity contribution in [3.8, 4) is 0 Å². The van der Waals surface area contributed by atoms with Crippen molar-refractivity contribution < 1.29 is 17.9 Å². The number of ether oxygens (including phenoxy) is 1. The molecule has 20 heavy (non-hydrogen) atoms. The second-order valence-corrected chi connectivity index (χ2v) is 5.79. The Bertz CT molecular complexity index is 477. The van der Waals surface area contributed by atoms with Gasteiger partial charge < -0.3 is 10.1 Å². The molecule has 0 amide bonds. The summed E-state index contributed by atoms with van der Waals surface area (Å²) in [5, 5.41) is 2.72. The maximum Gasteiger partial charge on any atom is 0.152 e. The molecule has 1 spiro atoms. The molecule has 2 nitrogen and oxygen atoms in total. The van der Waals surface area contributed by atoms with Gasteiger partial charge in [-0.15, -0.1) is 0 Å². The molecule has 0 aromatic heterocycles. The normalized spacial score (nSPS) is 24.4. The van der Waals surface area contributed by atoms with Gasteiger partial charge in [-0.3, -0.25) is 0 Å². The van der Waals surface area contributed by atoms with Crippen LogP contribution in [0.15, 0.2) is 12.1 Å². The second kappa shape index (κ2) is 5.28. The van der Waals surface area contributed by atoms with Crippen LogP contribution in [0.2, 0.25) is 0 Å². The van der Waals surface area contributed by atoms with E-state index in [1.165, 1.54) is 12.8 Å². The molecule has 1 heterocycles. The summed E-state index contributed by atoms with van der Waals surface area (Å²) in [5.74, 6) is -2.72. The molecule has 110 valence electrons. The zero-order chi connectivity index (χ0) is 14.2. The third-order valence-electron chi connectivity index (χ3n) is 4.37. The lowest BCUT2D eigenvalue weighted by molar-refractivity contribution is -0.0307. The number of nitrogens with one attached hydrogen (secondary N) is 1. The average molecular weight is 285 g/mol. The van der Waals surface area contributed by atoms with Gasteiger partial charge in [-0.05, 0) is 25.7 Å². The number of anilines is 1. The number of rotatable bonds is 3. The molecule has 1 atom stereocenters. The van der Waals surface area contributed by atoms with Gasteiger partial charge in [0.2, 0.25) is 0 Å². The van der Waals surface area contributed by atoms with Crippen LogP contribution in [0.1, 0.15) is 38.5 Å². The van der Waals surface area contributed by atoms with Gasteiger partial charge >= 0.3 is 0 Å². The Morgan fingerprint density at radius 1 is 1.10 bits per heavy atom. The van der Waals surface area contributed by atoms with Crippen molar-refractivity contribution in [2.24, 2.45) is 0 Å². The predicted octanol–water partition coefficient (Wildman–Crippen LogP) is 4.01. The highest BCUT2D eigenvalue weighted by Gasteiger charge is 2.41. The minimum Gasteiger partial charge on any atom is -0.378 e. The zero-order valence-corrected chi connectivity index (χ0v) is 11.2. The number of benzene rings is 1. The van der Waals surface area contributed by atoms with Crippen LogP contribution in [0.4, 0.5) is 18.9 Å². The molecule has 0 radical (unpaired) electrons. The second-order valence-electron chi connectivity index (χ2n) is 5.79. The van der Waals surface area contributed by atoms with Gasteiger partial charge in [0.25, 0.3) is 0 Å². The van der Waals surface area contributed by atoms with Gasteiger partial charge in [0.1, 0.15) is 11.5 Å². The Kier molecular flexibility index (Phi) is 3.63. The SMILES string of the molecule is Fc1cc(F)c(NCC2CCC3(CCCC3)O2)c(F)c1. The maximum atomic E-state index is 13.5. The summed E-state index contributed by atoms with van der Waals surface area (Å²) in [5.41, 5.74) is -0.269. The fourth-order valence-electron chi connectivity index (χ4n) is 3.35. The van der Waals surface area contributed by atoms with Crippen molar-refractivity contribution in [3.63, 3.8) is 0 Å². The molecule has 1 aliphatic carbocycles. The summed E-state index contributed by atoms with van der Waals surface area (Å²) in [7, 11) is 0. The number of hydrogen-bond acceptors (Lipinski definition) is 2. The van der Waals surface area contributed by atoms with Crippen LogP contribution in [-0.2, 0) is 4.74 Å². The maximum absolute atomic E-state index is 13.5. The molecular formula is C15H18F3NO. The van der Waals surface area contributed by atoms with E-state index in [1.807, 2.05) is 0 Å². The van der Waals surface area contributed by atoms with E-state index in [0.717, 1.165) is 25.7 Å². The van der Waals surface area contributed by atoms with Crippen molar-refractivity contribution in [2.75, 3.05) is 11.9 Å². The molecular weight excluding hydrogens is 267 g/mol. The van der Waals surface area contributed by atoms with E-state index >= 15 is 0 Å². The summed E-state index contributed by atoms with van der Waals surface area (Å²) in [6.45, 7) is 0.348. The van der Waals surface area contributed by atoms with Crippen LogP contribution in [0.25, 0.3) is 0 Å². The average Bonchev–Trinajstić information content (AvgIpc) is 2.99. The quantitative estimate of drug-likeness (QED) is 0.906. The largest absolute Gasteiger partial charge is 0.378 e. The highest BCUT2D eigenvalue weighted by molar-refractivity contribution is 5.46. The smallest absolute Gasteiger partial charge is 0.152 e. The molecule has 1 aliphatic heterocycles. The van der Waals surface area contributed by atoms with E-state index in [9.17, 15) is 13.2 Å². The van der Waals surface area contributed by atoms with E-state index in [4.69, 9.17) is 4.74 Å². The predicted molar refractivity (Wildman–Crippen MR) is 70.1 cm³/mol. The van der Waals surface area contributed by atoms with Gasteiger partial charge in [-0.2, -0.15) is 0 Å². The number of halogens is 3. The van der Waals surface area contributed by atoms with Crippen LogP contribution in [0.3, 0.4) is 0 Å². The van der Waals surface area contributed by atoms with Gasteiger partial charge in [0.15, 0.2) is 11.6 Å². The lowest BCUT2D eigenvalue weighted by atomic mass is 9.98. The highest BCUT2D eigenvalue weighted by Crippen LogP contribution is 2.43. The van der Waals surface area contributed by atoms with Crippen molar-refractivity contribution in [2.45, 2.75) is 50.2 Å². The van der Waals surface area contributed by atoms with E-state index in [1.54, 1.807) is 0 Å². The Balaban J connectivity index is 1.61. The lowest BCUT2D eigenvalue weighted by Gasteiger charge is -2.24. The van der Waals surface area contributed by atoms with E-state index in [2.05, 4.69) is 5.32 Å². The molecule has 3 rings (SSSR count). The summed E-state index contributed by atoms with van der Waals surface area (Å²) >= 11 is 0. The van der Waals surface area contributed by atoms with Crippen LogP contribution in [-0.4, -0.2) is 18.2 Å². The standard InChI is InChI=1S/C15H18F3NO/c16-10-7-12(17)14(13(18)8-10)19-9-11-3-6-15(20-11)4-1-2-5-15/h7-8,11,19H,1-6,9H2. The Labute approximate surface area is 116 Å². The van der Waals surface area contributed by atoms with E-state index in [-0.39, 0.29) is 17.4 Å². The summed E-state index contributed by atoms with van der Waals surface area (Å²) in [4.78, 5) is 0. The fourth-order valence-corrected chi connectivity index (χ4v) is 3.35. The van der Waals surface area contributed by atoms with Gasteiger partial charge in [-0.25, -0.2) is 13.2 Å². The molecule has 1 aromatic rings. The van der Waals surface area contributed by atoms with E-state index < -0.39 is 17.5 Å². The molecule has 1 N–H and O–H groups in total. The topological polar surface area (TPSA) is 21.3 Å². The Morgan fingerprint density at radius 3 is 2.40 bits per heavy atom. The minimum absolute atomic E-state index is 0.00618. The van der Waals surface area contributed by atoms with Crippen molar-refractivity contribution >= 4 is 5.69 Å². The summed E-state index contributed by atoms with van der Waals surface area (Å²) in [6, 6.07) is 1.36. The molecule has 1 saturated carbocycles. The lowest BCUT2D eigenvalue weighted by Crippen LogP contribution is -2.28. The minimum atomic E-state index is -0.910. The summed E-state index contributed by atoms with van der Waals surface area (Å²) in [6.07, 6.45) is 6.45. The van der Waals surface area contributed by atoms with Gasteiger partial charge in [0, 0.05) is 18.7 Å². The first-order valence-corrected chi connectivity index (χ1v) is 7.14. The van der Waals surface area contributed by atoms with Gasteiger partial charge in [-0.1, -0.05) is 12.8 Å². The van der Waals surface area contributed by atoms with Crippen LogP contribution in [0.5, 0.6) is 0 Å². The Hall–Kier alpha value is -1.23. The third kappa shape index (κ3) is 2.64. The van der Waals surface area contributed by atoms with Crippen LogP contribution >= 0.6 is 0 Å². The zero-order valence-electron chi connectivity index (χ0n) is 11.2. The summed E-state index contributed by atoms with van der Waals surface area (Å²) < 4.78 is 45.9. The molecule has 1 aromatic carbocycles. The van der Waals surface area contributed by atoms with Gasteiger partial charge in [0.05, 0.1) is 11.7 Å². The molecule has 1 unspecified atom stereocenters. The first-order chi connectivity index (χ1) is 9.58. The van der Waals surface area contributed by atoms with Crippen molar-refractivity contribution in [1.29, 1.82) is 0 Å². The molecule has 5 heteroatoms. The monoisotopic (exact) mass is 285 g/mol. The first-order valence-electron chi connectivity index (χ1n) is 7.14. The number of hydrogen-bond donors (Lipinski definition) is 1. The molecule has 1 saturated heterocycles. The van der Waals surface area contributed by atoms with Crippen molar-refractivity contribution in [3.05, 3.63) is 29.6 Å². The molecule has 2 aliphatic rings. The van der Waals surface area contributed by atoms with Crippen LogP contribution in [0, 0.1) is 17.5 Å². The third-order valence-corrected chi connectivity index (χ3v) is 4.37. The molecule has 0 bridgehead atoms. The fraction of sp³-hybridized carbons (Fsp3) is 0.600. The molecule has 2 fully saturated rings. The highest BCUT2D eigenvalue weighted by atomic mass is 19.1. The Morgan fingerprint density at radius 2 is 1.75 bits per heavy atom.